The number of rotatable bonds is 4. The summed E-state index contributed by atoms with van der Waals surface area (Å²) in [6.07, 6.45) is 0. The van der Waals surface area contributed by atoms with Crippen LogP contribution < -0.4 is 10.9 Å². The molecule has 0 saturated heterocycles. The summed E-state index contributed by atoms with van der Waals surface area (Å²) in [5.41, 5.74) is 2.66. The number of carbonyl (C=O) groups is 1. The Morgan fingerprint density at radius 1 is 1.10 bits per heavy atom. The molecule has 0 bridgehead atoms. The van der Waals surface area contributed by atoms with Crippen molar-refractivity contribution in [1.29, 1.82) is 0 Å². The molecular weight excluding hydrogens is 434 g/mol. The highest BCUT2D eigenvalue weighted by molar-refractivity contribution is 9.10. The standard InChI is InChI=1S/C22H18BrN3O3/c1-12(24-19-9-4-3-6-15(19)22(28)29-2)13-7-5-8-14-16(13)10-18(23)21-17(14)11-20(27)25-26-21/h3-12,24H,1-2H3,(H,25,27). The number of para-hydroxylation sites is 1. The molecule has 4 rings (SSSR count). The molecular formula is C22H18BrN3O3. The summed E-state index contributed by atoms with van der Waals surface area (Å²) in [5.74, 6) is -0.391. The number of ether oxygens (including phenoxy) is 1. The molecule has 0 aliphatic carbocycles. The van der Waals surface area contributed by atoms with Gasteiger partial charge in [-0.3, -0.25) is 4.79 Å². The smallest absolute Gasteiger partial charge is 0.339 e. The number of esters is 1. The van der Waals surface area contributed by atoms with Gasteiger partial charge in [0.05, 0.1) is 12.7 Å². The number of carbonyl (C=O) groups excluding carboxylic acids is 1. The first-order valence-corrected chi connectivity index (χ1v) is 9.83. The van der Waals surface area contributed by atoms with E-state index in [2.05, 4.69) is 31.4 Å². The molecule has 1 heterocycles. The number of benzene rings is 3. The average molecular weight is 452 g/mol. The maximum absolute atomic E-state index is 12.1. The summed E-state index contributed by atoms with van der Waals surface area (Å²) in [4.78, 5) is 23.9. The molecule has 7 heteroatoms. The topological polar surface area (TPSA) is 84.1 Å². The molecule has 4 aromatic rings. The van der Waals surface area contributed by atoms with E-state index in [1.165, 1.54) is 7.11 Å². The van der Waals surface area contributed by atoms with Crippen LogP contribution in [0.25, 0.3) is 21.7 Å². The fourth-order valence-corrected chi connectivity index (χ4v) is 4.08. The minimum Gasteiger partial charge on any atom is -0.465 e. The van der Waals surface area contributed by atoms with Gasteiger partial charge in [0.25, 0.3) is 5.56 Å². The molecule has 0 amide bonds. The number of aromatic amines is 1. The number of nitrogens with zero attached hydrogens (tertiary/aromatic N) is 1. The molecule has 0 aliphatic rings. The monoisotopic (exact) mass is 451 g/mol. The number of hydrogen-bond acceptors (Lipinski definition) is 5. The fourth-order valence-electron chi connectivity index (χ4n) is 3.55. The molecule has 0 spiro atoms. The van der Waals surface area contributed by atoms with Crippen LogP contribution in [0.15, 0.2) is 63.9 Å². The van der Waals surface area contributed by atoms with Crippen molar-refractivity contribution in [2.45, 2.75) is 13.0 Å². The van der Waals surface area contributed by atoms with Crippen molar-refractivity contribution in [1.82, 2.24) is 10.2 Å². The van der Waals surface area contributed by atoms with Crippen LogP contribution in [-0.2, 0) is 4.74 Å². The van der Waals surface area contributed by atoms with Gasteiger partial charge in [0.15, 0.2) is 0 Å². The summed E-state index contributed by atoms with van der Waals surface area (Å²) in [5, 5.41) is 12.8. The van der Waals surface area contributed by atoms with Crippen molar-refractivity contribution in [3.8, 4) is 0 Å². The summed E-state index contributed by atoms with van der Waals surface area (Å²) < 4.78 is 5.68. The van der Waals surface area contributed by atoms with E-state index < -0.39 is 5.97 Å². The molecule has 146 valence electrons. The number of hydrogen-bond donors (Lipinski definition) is 2. The van der Waals surface area contributed by atoms with E-state index in [9.17, 15) is 9.59 Å². The van der Waals surface area contributed by atoms with Gasteiger partial charge in [0, 0.05) is 27.7 Å². The molecule has 3 aromatic carbocycles. The zero-order valence-electron chi connectivity index (χ0n) is 15.8. The largest absolute Gasteiger partial charge is 0.465 e. The Balaban J connectivity index is 1.84. The highest BCUT2D eigenvalue weighted by Gasteiger charge is 2.17. The van der Waals surface area contributed by atoms with Gasteiger partial charge in [0.1, 0.15) is 5.52 Å². The van der Waals surface area contributed by atoms with Crippen molar-refractivity contribution in [2.24, 2.45) is 0 Å². The van der Waals surface area contributed by atoms with Crippen molar-refractivity contribution in [3.05, 3.63) is 80.6 Å². The van der Waals surface area contributed by atoms with Gasteiger partial charge in [-0.15, -0.1) is 0 Å². The van der Waals surface area contributed by atoms with E-state index in [1.807, 2.05) is 43.3 Å². The van der Waals surface area contributed by atoms with Crippen molar-refractivity contribution in [2.75, 3.05) is 12.4 Å². The van der Waals surface area contributed by atoms with Crippen molar-refractivity contribution >= 4 is 49.3 Å². The van der Waals surface area contributed by atoms with E-state index in [4.69, 9.17) is 4.74 Å². The van der Waals surface area contributed by atoms with E-state index in [-0.39, 0.29) is 11.6 Å². The number of halogens is 1. The van der Waals surface area contributed by atoms with Crippen molar-refractivity contribution < 1.29 is 9.53 Å². The quantitative estimate of drug-likeness (QED) is 0.343. The van der Waals surface area contributed by atoms with Gasteiger partial charge in [-0.1, -0.05) is 30.3 Å². The van der Waals surface area contributed by atoms with Gasteiger partial charge in [-0.05, 0) is 57.4 Å². The maximum atomic E-state index is 12.1. The van der Waals surface area contributed by atoms with Gasteiger partial charge < -0.3 is 10.1 Å². The lowest BCUT2D eigenvalue weighted by Gasteiger charge is -2.20. The van der Waals surface area contributed by atoms with Crippen molar-refractivity contribution in [3.63, 3.8) is 0 Å². The van der Waals surface area contributed by atoms with Crippen LogP contribution in [0.1, 0.15) is 28.9 Å². The summed E-state index contributed by atoms with van der Waals surface area (Å²) >= 11 is 3.57. The zero-order chi connectivity index (χ0) is 20.5. The van der Waals surface area contributed by atoms with Crippen LogP contribution >= 0.6 is 15.9 Å². The van der Waals surface area contributed by atoms with Crippen LogP contribution in [-0.4, -0.2) is 23.3 Å². The fraction of sp³-hybridized carbons (Fsp3) is 0.136. The number of H-pyrrole nitrogens is 1. The Hall–Kier alpha value is -3.19. The first-order chi connectivity index (χ1) is 14.0. The Morgan fingerprint density at radius 3 is 2.69 bits per heavy atom. The van der Waals surface area contributed by atoms with Gasteiger partial charge in [-0.2, -0.15) is 5.10 Å². The minimum atomic E-state index is -0.391. The first-order valence-electron chi connectivity index (χ1n) is 9.04. The normalized spacial score (nSPS) is 12.1. The van der Waals surface area contributed by atoms with Crippen LogP contribution in [0.4, 0.5) is 5.69 Å². The number of anilines is 1. The second-order valence-corrected chi connectivity index (χ2v) is 7.55. The molecule has 1 atom stereocenters. The molecule has 29 heavy (non-hydrogen) atoms. The first kappa shape index (κ1) is 19.1. The van der Waals surface area contributed by atoms with Crippen LogP contribution in [0, 0.1) is 0 Å². The molecule has 0 fully saturated rings. The van der Waals surface area contributed by atoms with Crippen LogP contribution in [0.5, 0.6) is 0 Å². The second kappa shape index (κ2) is 7.67. The third-order valence-corrected chi connectivity index (χ3v) is 5.51. The Labute approximate surface area is 175 Å². The average Bonchev–Trinajstić information content (AvgIpc) is 2.73. The van der Waals surface area contributed by atoms with Crippen LogP contribution in [0.3, 0.4) is 0 Å². The number of aromatic nitrogens is 2. The lowest BCUT2D eigenvalue weighted by atomic mass is 9.96. The highest BCUT2D eigenvalue weighted by atomic mass is 79.9. The molecule has 1 unspecified atom stereocenters. The van der Waals surface area contributed by atoms with Gasteiger partial charge in [-0.25, -0.2) is 9.89 Å². The second-order valence-electron chi connectivity index (χ2n) is 6.70. The summed E-state index contributed by atoms with van der Waals surface area (Å²) in [7, 11) is 1.37. The summed E-state index contributed by atoms with van der Waals surface area (Å²) in [6, 6.07) is 16.7. The third-order valence-electron chi connectivity index (χ3n) is 4.91. The van der Waals surface area contributed by atoms with Gasteiger partial charge >= 0.3 is 5.97 Å². The molecule has 0 radical (unpaired) electrons. The van der Waals surface area contributed by atoms with E-state index in [0.29, 0.717) is 16.8 Å². The number of nitrogens with one attached hydrogen (secondary N) is 2. The molecule has 0 aliphatic heterocycles. The molecule has 6 nitrogen and oxygen atoms in total. The highest BCUT2D eigenvalue weighted by Crippen LogP contribution is 2.35. The van der Waals surface area contributed by atoms with E-state index >= 15 is 0 Å². The Bertz CT molecular complexity index is 1300. The summed E-state index contributed by atoms with van der Waals surface area (Å²) in [6.45, 7) is 2.02. The van der Waals surface area contributed by atoms with E-state index in [0.717, 1.165) is 26.2 Å². The minimum absolute atomic E-state index is 0.108. The van der Waals surface area contributed by atoms with E-state index in [1.54, 1.807) is 18.2 Å². The maximum Gasteiger partial charge on any atom is 0.339 e. The lowest BCUT2D eigenvalue weighted by Crippen LogP contribution is -2.12. The van der Waals surface area contributed by atoms with Gasteiger partial charge in [0.2, 0.25) is 0 Å². The SMILES string of the molecule is COC(=O)c1ccccc1NC(C)c1cccc2c1cc(Br)c1n[nH]c(=O)cc12. The molecule has 2 N–H and O–H groups in total. The predicted molar refractivity (Wildman–Crippen MR) is 117 cm³/mol. The Kier molecular flexibility index (Phi) is 5.07. The predicted octanol–water partition coefficient (Wildman–Crippen LogP) is 4.80. The number of methoxy groups -OCH3 is 1. The Morgan fingerprint density at radius 2 is 1.90 bits per heavy atom. The molecule has 1 aromatic heterocycles. The zero-order valence-corrected chi connectivity index (χ0v) is 17.4. The lowest BCUT2D eigenvalue weighted by molar-refractivity contribution is 0.0602. The molecule has 0 saturated carbocycles. The van der Waals surface area contributed by atoms with Crippen LogP contribution in [0.2, 0.25) is 0 Å². The third kappa shape index (κ3) is 3.49. The number of fused-ring (bicyclic) bond motifs is 3.